The Kier molecular flexibility index (Phi) is 12.4. The Morgan fingerprint density at radius 3 is 1.95 bits per heavy atom. The summed E-state index contributed by atoms with van der Waals surface area (Å²) in [4.78, 5) is 9.85. The Hall–Kier alpha value is -6.84. The maximum Gasteiger partial charge on any atom is 0.157 e. The Morgan fingerprint density at radius 1 is 0.643 bits per heavy atom. The van der Waals surface area contributed by atoms with Crippen LogP contribution in [0.4, 0.5) is 0 Å². The fourth-order valence-electron chi connectivity index (χ4n) is 6.90. The standard InChI is InChI=1S/C53H47N3/c1-3-41(42-20-10-5-11-21-42)32-33-48(43-22-12-6-13-23-43)36-51-37-49(31-30-39(51)2)46-27-16-26-45(34-46)47-28-17-29-50(35-47)53(55-38-40-18-8-4-9-19-40)56-52(54)44-24-14-7-15-25-44/h3-4,6-10,12-35,37H,1,5,11,36,38H2,2H3,(H2,54,55,56)/b41-32+,48-33+. The minimum atomic E-state index is 0.432. The van der Waals surface area contributed by atoms with Crippen LogP contribution in [0.3, 0.4) is 0 Å². The van der Waals surface area contributed by atoms with Gasteiger partial charge in [0.25, 0.3) is 0 Å². The first kappa shape index (κ1) is 37.5. The Bertz CT molecular complexity index is 2480. The molecule has 0 saturated carbocycles. The second kappa shape index (κ2) is 18.5. The number of hydrogen-bond donors (Lipinski definition) is 1. The van der Waals surface area contributed by atoms with Crippen molar-refractivity contribution in [2.24, 2.45) is 15.7 Å². The van der Waals surface area contributed by atoms with Crippen LogP contribution in [0.5, 0.6) is 0 Å². The lowest BCUT2D eigenvalue weighted by atomic mass is 9.91. The van der Waals surface area contributed by atoms with Gasteiger partial charge in [0.15, 0.2) is 5.84 Å². The SMILES string of the molecule is C=C/C(=C\C=C(/Cc1cc(-c2cccc(-c3cccc(C(N=C(N)c4ccccc4)=NCc4ccccc4)c3)c2)ccc1C)c1ccccc1)C1=CCCC=C1. The van der Waals surface area contributed by atoms with Gasteiger partial charge in [0.2, 0.25) is 0 Å². The molecule has 0 amide bonds. The lowest BCUT2D eigenvalue weighted by molar-refractivity contribution is 1.02. The van der Waals surface area contributed by atoms with E-state index in [0.29, 0.717) is 18.2 Å². The number of allylic oxidation sites excluding steroid dienone is 9. The summed E-state index contributed by atoms with van der Waals surface area (Å²) in [7, 11) is 0. The van der Waals surface area contributed by atoms with Crippen LogP contribution in [0.1, 0.15) is 46.2 Å². The molecule has 3 heteroatoms. The van der Waals surface area contributed by atoms with E-state index in [9.17, 15) is 0 Å². The van der Waals surface area contributed by atoms with Crippen molar-refractivity contribution >= 4 is 17.2 Å². The highest BCUT2D eigenvalue weighted by atomic mass is 15.0. The van der Waals surface area contributed by atoms with E-state index in [1.807, 2.05) is 54.6 Å². The summed E-state index contributed by atoms with van der Waals surface area (Å²) < 4.78 is 0. The molecule has 56 heavy (non-hydrogen) atoms. The number of rotatable bonds is 12. The number of aliphatic imine (C=N–C) groups is 2. The van der Waals surface area contributed by atoms with Crippen molar-refractivity contribution in [2.45, 2.75) is 32.7 Å². The lowest BCUT2D eigenvalue weighted by Gasteiger charge is -2.14. The van der Waals surface area contributed by atoms with Crippen LogP contribution in [0, 0.1) is 6.92 Å². The second-order valence-electron chi connectivity index (χ2n) is 14.0. The Morgan fingerprint density at radius 2 is 1.27 bits per heavy atom. The number of amidine groups is 2. The van der Waals surface area contributed by atoms with Gasteiger partial charge in [-0.05, 0) is 99.5 Å². The molecular formula is C53H47N3. The smallest absolute Gasteiger partial charge is 0.157 e. The lowest BCUT2D eigenvalue weighted by Crippen LogP contribution is -2.16. The summed E-state index contributed by atoms with van der Waals surface area (Å²) in [6, 6.07) is 54.8. The van der Waals surface area contributed by atoms with Gasteiger partial charge in [-0.15, -0.1) is 0 Å². The van der Waals surface area contributed by atoms with E-state index < -0.39 is 0 Å². The number of nitrogens with two attached hydrogens (primary N) is 1. The first-order valence-corrected chi connectivity index (χ1v) is 19.3. The molecule has 1 aliphatic rings. The zero-order valence-electron chi connectivity index (χ0n) is 32.0. The summed E-state index contributed by atoms with van der Waals surface area (Å²) in [6.45, 7) is 6.83. The van der Waals surface area contributed by atoms with Gasteiger partial charge < -0.3 is 5.73 Å². The minimum absolute atomic E-state index is 0.432. The number of aryl methyl sites for hydroxylation is 1. The van der Waals surface area contributed by atoms with E-state index in [2.05, 4.69) is 153 Å². The maximum atomic E-state index is 6.54. The van der Waals surface area contributed by atoms with Gasteiger partial charge in [-0.1, -0.05) is 189 Å². The van der Waals surface area contributed by atoms with Crippen LogP contribution in [0.15, 0.2) is 222 Å². The van der Waals surface area contributed by atoms with Crippen LogP contribution in [0.25, 0.3) is 27.8 Å². The zero-order chi connectivity index (χ0) is 38.5. The maximum absolute atomic E-state index is 6.54. The summed E-state index contributed by atoms with van der Waals surface area (Å²) in [5, 5.41) is 0. The molecule has 0 unspecified atom stereocenters. The topological polar surface area (TPSA) is 50.7 Å². The zero-order valence-corrected chi connectivity index (χ0v) is 32.0. The third-order valence-corrected chi connectivity index (χ3v) is 10.1. The number of nitrogens with zero attached hydrogens (tertiary/aromatic N) is 2. The predicted octanol–water partition coefficient (Wildman–Crippen LogP) is 12.7. The minimum Gasteiger partial charge on any atom is -0.383 e. The third-order valence-electron chi connectivity index (χ3n) is 10.1. The molecule has 0 aliphatic heterocycles. The van der Waals surface area contributed by atoms with Crippen molar-refractivity contribution in [1.29, 1.82) is 0 Å². The fourth-order valence-corrected chi connectivity index (χ4v) is 6.90. The van der Waals surface area contributed by atoms with Crippen LogP contribution in [-0.4, -0.2) is 11.7 Å². The fraction of sp³-hybridized carbons (Fsp3) is 0.0943. The first-order chi connectivity index (χ1) is 27.5. The molecule has 3 nitrogen and oxygen atoms in total. The molecule has 0 spiro atoms. The molecule has 0 heterocycles. The average molecular weight is 726 g/mol. The summed E-state index contributed by atoms with van der Waals surface area (Å²) in [5.41, 5.74) is 21.4. The van der Waals surface area contributed by atoms with E-state index in [1.54, 1.807) is 0 Å². The van der Waals surface area contributed by atoms with Gasteiger partial charge in [0.05, 0.1) is 6.54 Å². The predicted molar refractivity (Wildman–Crippen MR) is 239 cm³/mol. The third kappa shape index (κ3) is 9.63. The van der Waals surface area contributed by atoms with Crippen molar-refractivity contribution in [2.75, 3.05) is 0 Å². The van der Waals surface area contributed by atoms with Crippen molar-refractivity contribution in [3.63, 3.8) is 0 Å². The normalized spacial score (nSPS) is 13.7. The van der Waals surface area contributed by atoms with Gasteiger partial charge in [-0.3, -0.25) is 4.99 Å². The van der Waals surface area contributed by atoms with E-state index in [4.69, 9.17) is 15.7 Å². The summed E-state index contributed by atoms with van der Waals surface area (Å²) in [5.74, 6) is 1.03. The van der Waals surface area contributed by atoms with E-state index in [-0.39, 0.29) is 0 Å². The average Bonchev–Trinajstić information content (AvgIpc) is 3.27. The van der Waals surface area contributed by atoms with Crippen molar-refractivity contribution in [3.8, 4) is 22.3 Å². The molecule has 6 aromatic carbocycles. The molecule has 0 saturated heterocycles. The second-order valence-corrected chi connectivity index (χ2v) is 14.0. The summed E-state index contributed by atoms with van der Waals surface area (Å²) >= 11 is 0. The molecule has 2 N–H and O–H groups in total. The van der Waals surface area contributed by atoms with E-state index in [0.717, 1.165) is 58.2 Å². The van der Waals surface area contributed by atoms with Crippen LogP contribution in [0.2, 0.25) is 0 Å². The molecular weight excluding hydrogens is 679 g/mol. The monoisotopic (exact) mass is 725 g/mol. The number of hydrogen-bond acceptors (Lipinski definition) is 1. The molecule has 0 radical (unpaired) electrons. The molecule has 6 aromatic rings. The Balaban J connectivity index is 1.20. The van der Waals surface area contributed by atoms with Gasteiger partial charge >= 0.3 is 0 Å². The molecule has 0 fully saturated rings. The molecule has 1 aliphatic carbocycles. The van der Waals surface area contributed by atoms with Gasteiger partial charge in [-0.2, -0.15) is 0 Å². The van der Waals surface area contributed by atoms with Crippen molar-refractivity contribution < 1.29 is 0 Å². The van der Waals surface area contributed by atoms with Crippen LogP contribution in [-0.2, 0) is 13.0 Å². The largest absolute Gasteiger partial charge is 0.383 e. The van der Waals surface area contributed by atoms with Gasteiger partial charge in [0.1, 0.15) is 5.84 Å². The number of benzene rings is 6. The van der Waals surface area contributed by atoms with E-state index in [1.165, 1.54) is 33.4 Å². The quantitative estimate of drug-likeness (QED) is 0.0762. The van der Waals surface area contributed by atoms with Crippen LogP contribution >= 0.6 is 0 Å². The molecule has 274 valence electrons. The van der Waals surface area contributed by atoms with E-state index >= 15 is 0 Å². The highest BCUT2D eigenvalue weighted by Gasteiger charge is 2.12. The summed E-state index contributed by atoms with van der Waals surface area (Å²) in [6.07, 6.45) is 16.2. The molecule has 0 bridgehead atoms. The van der Waals surface area contributed by atoms with Crippen LogP contribution < -0.4 is 5.73 Å². The highest BCUT2D eigenvalue weighted by molar-refractivity contribution is 6.11. The molecule has 7 rings (SSSR count). The highest BCUT2D eigenvalue weighted by Crippen LogP contribution is 2.31. The molecule has 0 atom stereocenters. The Labute approximate surface area is 332 Å². The van der Waals surface area contributed by atoms with Gasteiger partial charge in [-0.25, -0.2) is 4.99 Å². The van der Waals surface area contributed by atoms with Crippen molar-refractivity contribution in [1.82, 2.24) is 0 Å². The van der Waals surface area contributed by atoms with Crippen molar-refractivity contribution in [3.05, 3.63) is 245 Å². The molecule has 0 aromatic heterocycles. The van der Waals surface area contributed by atoms with Gasteiger partial charge in [0, 0.05) is 11.1 Å². The first-order valence-electron chi connectivity index (χ1n) is 19.3.